The molecule has 3 nitrogen and oxygen atoms in total. The SMILES string of the molecule is CCCO[C@@]1(CCc2cccc(Cl)c2)CCC2=Cc3c(cnn3-c3ccc(C)cc3)C[C@@]21C. The molecule has 1 heterocycles. The van der Waals surface area contributed by atoms with Gasteiger partial charge < -0.3 is 4.74 Å². The third-order valence-corrected chi connectivity index (χ3v) is 8.06. The van der Waals surface area contributed by atoms with Gasteiger partial charge in [-0.25, -0.2) is 4.68 Å². The molecule has 5 rings (SSSR count). The first-order valence-corrected chi connectivity index (χ1v) is 12.6. The molecule has 0 bridgehead atoms. The lowest BCUT2D eigenvalue weighted by molar-refractivity contribution is -0.108. The smallest absolute Gasteiger partial charge is 0.0782 e. The zero-order valence-electron chi connectivity index (χ0n) is 19.9. The molecular weight excluding hydrogens is 428 g/mol. The zero-order valence-corrected chi connectivity index (χ0v) is 20.7. The Morgan fingerprint density at radius 2 is 1.97 bits per heavy atom. The molecule has 0 unspecified atom stereocenters. The van der Waals surface area contributed by atoms with Crippen molar-refractivity contribution in [3.63, 3.8) is 0 Å². The number of aryl methyl sites for hydroxylation is 2. The molecule has 33 heavy (non-hydrogen) atoms. The van der Waals surface area contributed by atoms with Gasteiger partial charge in [0.05, 0.1) is 23.2 Å². The molecule has 1 saturated carbocycles. The van der Waals surface area contributed by atoms with E-state index in [2.05, 4.69) is 74.1 Å². The van der Waals surface area contributed by atoms with E-state index in [0.717, 1.165) is 55.8 Å². The topological polar surface area (TPSA) is 27.1 Å². The number of benzene rings is 2. The fourth-order valence-corrected chi connectivity index (χ4v) is 6.06. The van der Waals surface area contributed by atoms with Gasteiger partial charge in [0.2, 0.25) is 0 Å². The standard InChI is InChI=1S/C29H33ClN2O/c1-4-16-33-29(14-12-22-6-5-7-25(30)17-22)15-13-24-18-27-23(19-28(24,29)3)20-31-32(27)26-10-8-21(2)9-11-26/h5-11,17-18,20H,4,12-16,19H2,1-3H3/t28-,29-/m0/s1. The number of ether oxygens (including phenoxy) is 1. The van der Waals surface area contributed by atoms with Crippen molar-refractivity contribution in [1.82, 2.24) is 9.78 Å². The molecule has 1 aromatic heterocycles. The van der Waals surface area contributed by atoms with E-state index >= 15 is 0 Å². The van der Waals surface area contributed by atoms with E-state index in [4.69, 9.17) is 21.4 Å². The average Bonchev–Trinajstić information content (AvgIpc) is 3.33. The van der Waals surface area contributed by atoms with E-state index in [9.17, 15) is 0 Å². The van der Waals surface area contributed by atoms with Gasteiger partial charge in [0.25, 0.3) is 0 Å². The fourth-order valence-electron chi connectivity index (χ4n) is 5.85. The lowest BCUT2D eigenvalue weighted by Crippen LogP contribution is -2.48. The van der Waals surface area contributed by atoms with Crippen LogP contribution in [0.3, 0.4) is 0 Å². The van der Waals surface area contributed by atoms with Crippen molar-refractivity contribution in [3.8, 4) is 5.69 Å². The van der Waals surface area contributed by atoms with Gasteiger partial charge in [-0.05, 0) is 86.9 Å². The van der Waals surface area contributed by atoms with E-state index < -0.39 is 0 Å². The van der Waals surface area contributed by atoms with Gasteiger partial charge in [0, 0.05) is 17.0 Å². The summed E-state index contributed by atoms with van der Waals surface area (Å²) in [5.74, 6) is 0. The van der Waals surface area contributed by atoms with Crippen molar-refractivity contribution in [2.75, 3.05) is 6.61 Å². The highest BCUT2D eigenvalue weighted by molar-refractivity contribution is 6.30. The van der Waals surface area contributed by atoms with Crippen LogP contribution < -0.4 is 0 Å². The third kappa shape index (κ3) is 3.96. The highest BCUT2D eigenvalue weighted by Gasteiger charge is 2.56. The Balaban J connectivity index is 1.48. The number of halogens is 1. The Hall–Kier alpha value is -2.36. The summed E-state index contributed by atoms with van der Waals surface area (Å²) in [5, 5.41) is 5.59. The summed E-state index contributed by atoms with van der Waals surface area (Å²) >= 11 is 6.26. The number of nitrogens with zero attached hydrogens (tertiary/aromatic N) is 2. The van der Waals surface area contributed by atoms with Gasteiger partial charge >= 0.3 is 0 Å². The summed E-state index contributed by atoms with van der Waals surface area (Å²) in [5.41, 5.74) is 7.53. The van der Waals surface area contributed by atoms with Gasteiger partial charge in [0.1, 0.15) is 0 Å². The zero-order chi connectivity index (χ0) is 23.1. The van der Waals surface area contributed by atoms with Crippen LogP contribution in [-0.4, -0.2) is 22.0 Å². The lowest BCUT2D eigenvalue weighted by atomic mass is 9.65. The van der Waals surface area contributed by atoms with Crippen molar-refractivity contribution in [3.05, 3.63) is 87.7 Å². The molecule has 2 aromatic carbocycles. The maximum absolute atomic E-state index is 6.78. The molecule has 2 aliphatic carbocycles. The second-order valence-corrected chi connectivity index (χ2v) is 10.4. The predicted octanol–water partition coefficient (Wildman–Crippen LogP) is 7.37. The normalized spacial score (nSPS) is 23.8. The highest BCUT2D eigenvalue weighted by Crippen LogP contribution is 2.58. The third-order valence-electron chi connectivity index (χ3n) is 7.82. The van der Waals surface area contributed by atoms with Crippen molar-refractivity contribution >= 4 is 17.7 Å². The summed E-state index contributed by atoms with van der Waals surface area (Å²) in [6.45, 7) is 7.54. The number of rotatable bonds is 7. The van der Waals surface area contributed by atoms with Gasteiger partial charge in [-0.2, -0.15) is 5.10 Å². The van der Waals surface area contributed by atoms with Crippen LogP contribution >= 0.6 is 11.6 Å². The van der Waals surface area contributed by atoms with Crippen molar-refractivity contribution in [2.45, 2.75) is 64.9 Å². The summed E-state index contributed by atoms with van der Waals surface area (Å²) in [6.07, 6.45) is 10.6. The molecule has 0 saturated heterocycles. The van der Waals surface area contributed by atoms with Crippen LogP contribution in [0.2, 0.25) is 5.02 Å². The Labute approximate surface area is 202 Å². The predicted molar refractivity (Wildman–Crippen MR) is 136 cm³/mol. The number of hydrogen-bond donors (Lipinski definition) is 0. The minimum absolute atomic E-state index is 0.0190. The second kappa shape index (κ2) is 8.77. The first-order valence-electron chi connectivity index (χ1n) is 12.2. The van der Waals surface area contributed by atoms with Crippen LogP contribution in [0.5, 0.6) is 0 Å². The molecule has 0 N–H and O–H groups in total. The van der Waals surface area contributed by atoms with Crippen LogP contribution in [0.15, 0.2) is 60.3 Å². The second-order valence-electron chi connectivity index (χ2n) is 9.95. The van der Waals surface area contributed by atoms with E-state index in [0.29, 0.717) is 0 Å². The summed E-state index contributed by atoms with van der Waals surface area (Å²) in [4.78, 5) is 0. The number of fused-ring (bicyclic) bond motifs is 2. The Bertz CT molecular complexity index is 1180. The Kier molecular flexibility index (Phi) is 5.96. The van der Waals surface area contributed by atoms with Crippen molar-refractivity contribution < 1.29 is 4.74 Å². The van der Waals surface area contributed by atoms with Crippen molar-refractivity contribution in [2.24, 2.45) is 5.41 Å². The maximum atomic E-state index is 6.78. The molecule has 4 heteroatoms. The summed E-state index contributed by atoms with van der Waals surface area (Å²) in [6, 6.07) is 16.9. The molecule has 0 aliphatic heterocycles. The van der Waals surface area contributed by atoms with Gasteiger partial charge in [-0.1, -0.05) is 60.9 Å². The summed E-state index contributed by atoms with van der Waals surface area (Å²) < 4.78 is 8.88. The van der Waals surface area contributed by atoms with Gasteiger partial charge in [0.15, 0.2) is 0 Å². The van der Waals surface area contributed by atoms with Gasteiger partial charge in [-0.3, -0.25) is 0 Å². The van der Waals surface area contributed by atoms with E-state index in [1.165, 1.54) is 28.0 Å². The minimum Gasteiger partial charge on any atom is -0.374 e. The van der Waals surface area contributed by atoms with Gasteiger partial charge in [-0.15, -0.1) is 0 Å². The van der Waals surface area contributed by atoms with E-state index in [1.807, 2.05) is 12.1 Å². The quantitative estimate of drug-likeness (QED) is 0.368. The average molecular weight is 461 g/mol. The molecule has 2 atom stereocenters. The Morgan fingerprint density at radius 1 is 1.15 bits per heavy atom. The monoisotopic (exact) mass is 460 g/mol. The number of aromatic nitrogens is 2. The largest absolute Gasteiger partial charge is 0.374 e. The van der Waals surface area contributed by atoms with Crippen LogP contribution in [0.4, 0.5) is 0 Å². The molecule has 0 amide bonds. The fraction of sp³-hybridized carbons (Fsp3) is 0.414. The maximum Gasteiger partial charge on any atom is 0.0782 e. The molecular formula is C29H33ClN2O. The lowest BCUT2D eigenvalue weighted by Gasteiger charge is -2.46. The molecule has 1 fully saturated rings. The molecule has 172 valence electrons. The molecule has 3 aromatic rings. The first-order chi connectivity index (χ1) is 15.9. The van der Waals surface area contributed by atoms with E-state index in [1.54, 1.807) is 0 Å². The van der Waals surface area contributed by atoms with E-state index in [-0.39, 0.29) is 11.0 Å². The molecule has 0 radical (unpaired) electrons. The first kappa shape index (κ1) is 22.4. The minimum atomic E-state index is -0.166. The van der Waals surface area contributed by atoms with Crippen LogP contribution in [0, 0.1) is 12.3 Å². The Morgan fingerprint density at radius 3 is 2.73 bits per heavy atom. The molecule has 2 aliphatic rings. The number of hydrogen-bond acceptors (Lipinski definition) is 2. The van der Waals surface area contributed by atoms with Crippen LogP contribution in [0.25, 0.3) is 11.8 Å². The van der Waals surface area contributed by atoms with Crippen LogP contribution in [-0.2, 0) is 17.6 Å². The molecule has 0 spiro atoms. The van der Waals surface area contributed by atoms with Crippen LogP contribution in [0.1, 0.15) is 61.9 Å². The van der Waals surface area contributed by atoms with Crippen molar-refractivity contribution in [1.29, 1.82) is 0 Å². The highest BCUT2D eigenvalue weighted by atomic mass is 35.5. The summed E-state index contributed by atoms with van der Waals surface area (Å²) in [7, 11) is 0.